The van der Waals surface area contributed by atoms with E-state index in [1.807, 2.05) is 19.9 Å². The van der Waals surface area contributed by atoms with E-state index in [0.717, 1.165) is 28.4 Å². The Morgan fingerprint density at radius 2 is 1.86 bits per heavy atom. The van der Waals surface area contributed by atoms with Gasteiger partial charge in [0.1, 0.15) is 0 Å². The van der Waals surface area contributed by atoms with E-state index in [1.165, 1.54) is 24.8 Å². The summed E-state index contributed by atoms with van der Waals surface area (Å²) in [6.07, 6.45) is 4.01. The van der Waals surface area contributed by atoms with E-state index in [1.54, 1.807) is 0 Å². The highest BCUT2D eigenvalue weighted by molar-refractivity contribution is 5.36. The molecule has 0 saturated heterocycles. The number of hydrazine groups is 1. The number of nitrogens with one attached hydrogen (secondary N) is 1. The Labute approximate surface area is 125 Å². The minimum Gasteiger partial charge on any atom is -0.271 e. The van der Waals surface area contributed by atoms with E-state index in [-0.39, 0.29) is 6.04 Å². The second-order valence-electron chi connectivity index (χ2n) is 5.92. The van der Waals surface area contributed by atoms with Crippen molar-refractivity contribution in [2.45, 2.75) is 45.1 Å². The van der Waals surface area contributed by atoms with Crippen molar-refractivity contribution < 1.29 is 0 Å². The third-order valence-corrected chi connectivity index (χ3v) is 4.46. The molecule has 1 atom stereocenters. The number of benzene rings is 1. The molecule has 110 valence electrons. The lowest BCUT2D eigenvalue weighted by molar-refractivity contribution is 0.419. The molecule has 0 bridgehead atoms. The number of nitrogens with two attached hydrogens (primary N) is 1. The van der Waals surface area contributed by atoms with E-state index in [0.29, 0.717) is 0 Å². The van der Waals surface area contributed by atoms with Crippen molar-refractivity contribution in [3.63, 3.8) is 0 Å². The molecule has 1 heterocycles. The Hall–Kier alpha value is -1.78. The van der Waals surface area contributed by atoms with Gasteiger partial charge in [-0.05, 0) is 55.4 Å². The van der Waals surface area contributed by atoms with Crippen LogP contribution in [0.5, 0.6) is 0 Å². The number of aromatic nitrogens is 2. The van der Waals surface area contributed by atoms with Crippen LogP contribution in [0.1, 0.15) is 59.3 Å². The van der Waals surface area contributed by atoms with Gasteiger partial charge in [0.15, 0.2) is 0 Å². The van der Waals surface area contributed by atoms with Gasteiger partial charge in [0.05, 0.1) is 17.4 Å². The zero-order valence-corrected chi connectivity index (χ0v) is 12.6. The number of nitrogens with zero attached hydrogens (tertiary/aromatic N) is 2. The van der Waals surface area contributed by atoms with Crippen molar-refractivity contribution in [2.75, 3.05) is 0 Å². The molecule has 1 aromatic heterocycles. The van der Waals surface area contributed by atoms with Crippen LogP contribution in [0.2, 0.25) is 0 Å². The molecule has 1 fully saturated rings. The summed E-state index contributed by atoms with van der Waals surface area (Å²) < 4.78 is 0. The highest BCUT2D eigenvalue weighted by atomic mass is 15.2. The van der Waals surface area contributed by atoms with Crippen LogP contribution in [0.3, 0.4) is 0 Å². The second-order valence-corrected chi connectivity index (χ2v) is 5.92. The van der Waals surface area contributed by atoms with Crippen molar-refractivity contribution in [1.29, 1.82) is 0 Å². The molecule has 1 aromatic carbocycles. The molecule has 3 rings (SSSR count). The van der Waals surface area contributed by atoms with E-state index < -0.39 is 0 Å². The summed E-state index contributed by atoms with van der Waals surface area (Å²) >= 11 is 0. The molecule has 0 amide bonds. The molecule has 21 heavy (non-hydrogen) atoms. The van der Waals surface area contributed by atoms with Gasteiger partial charge in [-0.1, -0.05) is 30.7 Å². The Kier molecular flexibility index (Phi) is 3.99. The molecular formula is C17H22N4. The molecule has 0 radical (unpaired) electrons. The number of hydrogen-bond acceptors (Lipinski definition) is 4. The molecule has 2 aromatic rings. The Balaban J connectivity index is 1.90. The number of aryl methyl sites for hydroxylation is 2. The largest absolute Gasteiger partial charge is 0.271 e. The van der Waals surface area contributed by atoms with E-state index in [4.69, 9.17) is 5.84 Å². The van der Waals surface area contributed by atoms with Gasteiger partial charge in [-0.2, -0.15) is 10.2 Å². The number of rotatable bonds is 4. The highest BCUT2D eigenvalue weighted by Gasteiger charge is 2.20. The summed E-state index contributed by atoms with van der Waals surface area (Å²) in [6, 6.07) is 10.8. The first-order valence-electron chi connectivity index (χ1n) is 7.56. The third-order valence-electron chi connectivity index (χ3n) is 4.46. The van der Waals surface area contributed by atoms with Gasteiger partial charge < -0.3 is 0 Å². The fraction of sp³-hybridized carbons (Fsp3) is 0.412. The van der Waals surface area contributed by atoms with Gasteiger partial charge in [-0.25, -0.2) is 5.43 Å². The van der Waals surface area contributed by atoms with Crippen molar-refractivity contribution in [2.24, 2.45) is 5.84 Å². The average molecular weight is 282 g/mol. The Morgan fingerprint density at radius 3 is 2.43 bits per heavy atom. The summed E-state index contributed by atoms with van der Waals surface area (Å²) in [4.78, 5) is 0. The van der Waals surface area contributed by atoms with Gasteiger partial charge >= 0.3 is 0 Å². The summed E-state index contributed by atoms with van der Waals surface area (Å²) in [5.41, 5.74) is 8.42. The van der Waals surface area contributed by atoms with Crippen LogP contribution in [0.4, 0.5) is 0 Å². The maximum absolute atomic E-state index is 5.79. The maximum Gasteiger partial charge on any atom is 0.0729 e. The van der Waals surface area contributed by atoms with Crippen LogP contribution < -0.4 is 11.3 Å². The summed E-state index contributed by atoms with van der Waals surface area (Å²) in [5.74, 6) is 6.55. The van der Waals surface area contributed by atoms with Crippen LogP contribution in [0, 0.1) is 13.8 Å². The fourth-order valence-electron chi connectivity index (χ4n) is 2.93. The van der Waals surface area contributed by atoms with Gasteiger partial charge in [0.25, 0.3) is 0 Å². The van der Waals surface area contributed by atoms with Gasteiger partial charge in [-0.3, -0.25) is 5.84 Å². The minimum absolute atomic E-state index is 0.0466. The zero-order chi connectivity index (χ0) is 14.8. The molecule has 4 nitrogen and oxygen atoms in total. The van der Waals surface area contributed by atoms with Gasteiger partial charge in [0, 0.05) is 0 Å². The lowest BCUT2D eigenvalue weighted by Gasteiger charge is -2.26. The van der Waals surface area contributed by atoms with Crippen LogP contribution in [0.25, 0.3) is 0 Å². The van der Waals surface area contributed by atoms with Crippen molar-refractivity contribution >= 4 is 0 Å². The smallest absolute Gasteiger partial charge is 0.0729 e. The van der Waals surface area contributed by atoms with Crippen molar-refractivity contribution in [3.8, 4) is 0 Å². The molecule has 1 aliphatic carbocycles. The quantitative estimate of drug-likeness (QED) is 0.668. The number of hydrogen-bond donors (Lipinski definition) is 2. The summed E-state index contributed by atoms with van der Waals surface area (Å²) in [6.45, 7) is 3.91. The molecule has 0 aliphatic heterocycles. The summed E-state index contributed by atoms with van der Waals surface area (Å²) in [5, 5.41) is 8.28. The third kappa shape index (κ3) is 2.82. The zero-order valence-electron chi connectivity index (χ0n) is 12.6. The predicted octanol–water partition coefficient (Wildman–Crippen LogP) is 2.91. The molecular weight excluding hydrogens is 260 g/mol. The molecule has 3 N–H and O–H groups in total. The first-order chi connectivity index (χ1) is 10.2. The average Bonchev–Trinajstić information content (AvgIpc) is 2.43. The Morgan fingerprint density at radius 1 is 1.14 bits per heavy atom. The Bertz CT molecular complexity index is 617. The predicted molar refractivity (Wildman–Crippen MR) is 83.7 cm³/mol. The molecule has 1 saturated carbocycles. The standard InChI is InChI=1S/C17H22N4/c1-11-10-16(12(2)21-20-11)17(19-18)15-8-6-14(7-9-15)13-4-3-5-13/h6-10,13,17,19H,3-5,18H2,1-2H3. The van der Waals surface area contributed by atoms with E-state index in [9.17, 15) is 0 Å². The fourth-order valence-corrected chi connectivity index (χ4v) is 2.93. The monoisotopic (exact) mass is 282 g/mol. The van der Waals surface area contributed by atoms with E-state index >= 15 is 0 Å². The topological polar surface area (TPSA) is 63.8 Å². The lowest BCUT2D eigenvalue weighted by atomic mass is 9.79. The molecule has 1 aliphatic rings. The van der Waals surface area contributed by atoms with Crippen LogP contribution in [-0.2, 0) is 0 Å². The highest BCUT2D eigenvalue weighted by Crippen LogP contribution is 2.36. The van der Waals surface area contributed by atoms with Crippen molar-refractivity contribution in [1.82, 2.24) is 15.6 Å². The van der Waals surface area contributed by atoms with Crippen LogP contribution in [0.15, 0.2) is 30.3 Å². The van der Waals surface area contributed by atoms with Gasteiger partial charge in [-0.15, -0.1) is 0 Å². The SMILES string of the molecule is Cc1cc(C(NN)c2ccc(C3CCC3)cc2)c(C)nn1. The van der Waals surface area contributed by atoms with Gasteiger partial charge in [0.2, 0.25) is 0 Å². The normalized spacial score (nSPS) is 16.5. The summed E-state index contributed by atoms with van der Waals surface area (Å²) in [7, 11) is 0. The lowest BCUT2D eigenvalue weighted by Crippen LogP contribution is -2.29. The molecule has 0 spiro atoms. The van der Waals surface area contributed by atoms with Crippen molar-refractivity contribution in [3.05, 3.63) is 58.4 Å². The molecule has 1 unspecified atom stereocenters. The van der Waals surface area contributed by atoms with Crippen LogP contribution in [-0.4, -0.2) is 10.2 Å². The first kappa shape index (κ1) is 14.2. The second kappa shape index (κ2) is 5.92. The maximum atomic E-state index is 5.79. The van der Waals surface area contributed by atoms with E-state index in [2.05, 4.69) is 39.9 Å². The molecule has 4 heteroatoms. The van der Waals surface area contributed by atoms with Crippen LogP contribution >= 0.6 is 0 Å². The first-order valence-corrected chi connectivity index (χ1v) is 7.56. The minimum atomic E-state index is -0.0466.